The lowest BCUT2D eigenvalue weighted by Crippen LogP contribution is -2.72. The summed E-state index contributed by atoms with van der Waals surface area (Å²) >= 11 is 3.38. The largest absolute Gasteiger partial charge is 0.477 e. The molecule has 0 saturated carbocycles. The summed E-state index contributed by atoms with van der Waals surface area (Å²) in [6.45, 7) is 7.44. The number of ether oxygens (including phenoxy) is 3. The number of alkyl halides is 1. The highest BCUT2D eigenvalue weighted by molar-refractivity contribution is 9.09. The second kappa shape index (κ2) is 12.3. The van der Waals surface area contributed by atoms with Crippen LogP contribution in [0.2, 0.25) is 0 Å². The third-order valence-electron chi connectivity index (χ3n) is 4.98. The van der Waals surface area contributed by atoms with E-state index >= 15 is 0 Å². The molecule has 1 fully saturated rings. The van der Waals surface area contributed by atoms with Gasteiger partial charge in [-0.25, -0.2) is 4.79 Å². The van der Waals surface area contributed by atoms with Crippen molar-refractivity contribution in [1.82, 2.24) is 10.2 Å². The number of aliphatic carboxylic acids is 1. The number of likely N-dealkylation sites (tertiary alicyclic amines) is 1. The van der Waals surface area contributed by atoms with Gasteiger partial charge in [-0.2, -0.15) is 0 Å². The molecule has 1 aliphatic rings. The number of carboxylic acids is 1. The number of benzene rings is 1. The Bertz CT molecular complexity index is 865. The van der Waals surface area contributed by atoms with Gasteiger partial charge in [0.25, 0.3) is 5.91 Å². The third kappa shape index (κ3) is 6.63. The highest BCUT2D eigenvalue weighted by Crippen LogP contribution is 2.30. The smallest absolute Gasteiger partial charge is 0.352 e. The predicted octanol–water partition coefficient (Wildman–Crippen LogP) is 2.44. The van der Waals surface area contributed by atoms with Crippen molar-refractivity contribution >= 4 is 33.7 Å². The summed E-state index contributed by atoms with van der Waals surface area (Å²) in [4.78, 5) is 38.4. The van der Waals surface area contributed by atoms with E-state index in [0.29, 0.717) is 24.1 Å². The molecule has 0 unspecified atom stereocenters. The van der Waals surface area contributed by atoms with Crippen molar-refractivity contribution in [3.63, 3.8) is 0 Å². The molecule has 1 aliphatic heterocycles. The Balaban J connectivity index is 2.25. The Morgan fingerprint density at radius 1 is 1.15 bits per heavy atom. The van der Waals surface area contributed by atoms with E-state index in [4.69, 9.17) is 14.2 Å². The van der Waals surface area contributed by atoms with Crippen LogP contribution in [0, 0.1) is 0 Å². The molecule has 1 aromatic rings. The van der Waals surface area contributed by atoms with Crippen LogP contribution in [0.25, 0.3) is 0 Å². The molecule has 1 aromatic carbocycles. The van der Waals surface area contributed by atoms with E-state index in [1.165, 1.54) is 0 Å². The minimum absolute atomic E-state index is 0.0784. The number of carbonyl (C=O) groups excluding carboxylic acids is 2. The maximum Gasteiger partial charge on any atom is 0.352 e. The van der Waals surface area contributed by atoms with Gasteiger partial charge in [-0.1, -0.05) is 46.3 Å². The number of hydrogen-bond donors (Lipinski definition) is 2. The predicted molar refractivity (Wildman–Crippen MR) is 124 cm³/mol. The molecule has 2 rings (SSSR count). The van der Waals surface area contributed by atoms with E-state index in [-0.39, 0.29) is 24.6 Å². The first-order chi connectivity index (χ1) is 15.7. The second-order valence-electron chi connectivity index (χ2n) is 7.68. The number of hydrogen-bond acceptors (Lipinski definition) is 6. The molecule has 2 amide bonds. The highest BCUT2D eigenvalue weighted by Gasteiger charge is 2.53. The van der Waals surface area contributed by atoms with E-state index in [0.717, 1.165) is 10.5 Å². The van der Waals surface area contributed by atoms with Crippen molar-refractivity contribution in [3.05, 3.63) is 47.2 Å². The Morgan fingerprint density at radius 3 is 2.24 bits per heavy atom. The Kier molecular flexibility index (Phi) is 10.0. The summed E-state index contributed by atoms with van der Waals surface area (Å²) in [6.07, 6.45) is -0.952. The zero-order valence-corrected chi connectivity index (χ0v) is 20.9. The van der Waals surface area contributed by atoms with Gasteiger partial charge >= 0.3 is 5.97 Å². The van der Waals surface area contributed by atoms with Gasteiger partial charge in [-0.05, 0) is 38.8 Å². The number of nitrogens with one attached hydrogen (secondary N) is 1. The van der Waals surface area contributed by atoms with E-state index in [1.807, 2.05) is 44.2 Å². The van der Waals surface area contributed by atoms with E-state index < -0.39 is 29.9 Å². The molecule has 10 heteroatoms. The average Bonchev–Trinajstić information content (AvgIpc) is 2.77. The fourth-order valence-corrected chi connectivity index (χ4v) is 4.03. The first-order valence-corrected chi connectivity index (χ1v) is 11.8. The number of carbonyl (C=O) groups is 3. The molecule has 33 heavy (non-hydrogen) atoms. The van der Waals surface area contributed by atoms with Crippen LogP contribution in [-0.4, -0.2) is 71.0 Å². The molecular weight excluding hydrogens is 496 g/mol. The lowest BCUT2D eigenvalue weighted by molar-refractivity contribution is -0.263. The normalized spacial score (nSPS) is 18.0. The summed E-state index contributed by atoms with van der Waals surface area (Å²) in [5.74, 6) is -3.31. The number of nitrogens with zero attached hydrogens (tertiary/aromatic N) is 1. The van der Waals surface area contributed by atoms with Crippen molar-refractivity contribution in [1.29, 1.82) is 0 Å². The summed E-state index contributed by atoms with van der Waals surface area (Å²) < 4.78 is 17.5. The molecule has 1 heterocycles. The summed E-state index contributed by atoms with van der Waals surface area (Å²) in [7, 11) is 0. The standard InChI is InChI=1S/C23H31BrN2O7/c1-5-32-23(13-24,33-6-2)14-31-21-18(20(28)26(21)19(15(3)4)22(29)30)25-17(27)12-16-10-8-7-9-11-16/h7-11,18,21H,5-6,12-14H2,1-4H3,(H,25,27)(H,29,30)/t18-,21-/m1/s1. The van der Waals surface area contributed by atoms with Crippen LogP contribution >= 0.6 is 15.9 Å². The number of allylic oxidation sites excluding steroid dienone is 1. The van der Waals surface area contributed by atoms with Crippen molar-refractivity contribution in [2.24, 2.45) is 0 Å². The molecule has 0 radical (unpaired) electrons. The molecule has 182 valence electrons. The van der Waals surface area contributed by atoms with Gasteiger partial charge in [0.2, 0.25) is 11.7 Å². The van der Waals surface area contributed by atoms with Gasteiger partial charge in [0.15, 0.2) is 12.3 Å². The van der Waals surface area contributed by atoms with Crippen molar-refractivity contribution in [2.45, 2.75) is 52.2 Å². The van der Waals surface area contributed by atoms with Crippen LogP contribution in [0.15, 0.2) is 41.6 Å². The van der Waals surface area contributed by atoms with Crippen LogP contribution in [-0.2, 0) is 35.0 Å². The molecule has 1 saturated heterocycles. The second-order valence-corrected chi connectivity index (χ2v) is 8.24. The zero-order chi connectivity index (χ0) is 24.6. The summed E-state index contributed by atoms with van der Waals surface area (Å²) in [5.41, 5.74) is 1.04. The van der Waals surface area contributed by atoms with Gasteiger partial charge in [0, 0.05) is 13.2 Å². The van der Waals surface area contributed by atoms with Crippen LogP contribution < -0.4 is 5.32 Å². The van der Waals surface area contributed by atoms with E-state index in [1.54, 1.807) is 13.8 Å². The molecule has 0 bridgehead atoms. The lowest BCUT2D eigenvalue weighted by atomic mass is 10.0. The minimum Gasteiger partial charge on any atom is -0.477 e. The SMILES string of the molecule is CCOC(CBr)(CO[C@@H]1[C@H](NC(=O)Cc2ccccc2)C(=O)N1C(C(=O)O)=C(C)C)OCC. The highest BCUT2D eigenvalue weighted by atomic mass is 79.9. The third-order valence-corrected chi connectivity index (χ3v) is 5.83. The molecule has 9 nitrogen and oxygen atoms in total. The molecule has 0 aliphatic carbocycles. The maximum absolute atomic E-state index is 12.9. The van der Waals surface area contributed by atoms with Crippen LogP contribution in [0.5, 0.6) is 0 Å². The monoisotopic (exact) mass is 526 g/mol. The number of amides is 2. The van der Waals surface area contributed by atoms with E-state index in [2.05, 4.69) is 21.2 Å². The number of β-lactam (4-membered cyclic amide) rings is 1. The van der Waals surface area contributed by atoms with Crippen molar-refractivity contribution < 1.29 is 33.7 Å². The van der Waals surface area contributed by atoms with Gasteiger partial charge in [0.1, 0.15) is 12.3 Å². The van der Waals surface area contributed by atoms with Gasteiger partial charge in [-0.15, -0.1) is 0 Å². The molecule has 0 spiro atoms. The Morgan fingerprint density at radius 2 is 1.76 bits per heavy atom. The molecule has 2 atom stereocenters. The zero-order valence-electron chi connectivity index (χ0n) is 19.3. The van der Waals surface area contributed by atoms with Gasteiger partial charge in [-0.3, -0.25) is 14.5 Å². The number of carboxylic acid groups (broad SMARTS) is 1. The quantitative estimate of drug-likeness (QED) is 0.175. The fraction of sp³-hybridized carbons (Fsp3) is 0.522. The fourth-order valence-electron chi connectivity index (χ4n) is 3.55. The average molecular weight is 527 g/mol. The van der Waals surface area contributed by atoms with Gasteiger partial charge < -0.3 is 24.6 Å². The van der Waals surface area contributed by atoms with Crippen LogP contribution in [0.1, 0.15) is 33.3 Å². The lowest BCUT2D eigenvalue weighted by Gasteiger charge is -2.47. The van der Waals surface area contributed by atoms with E-state index in [9.17, 15) is 19.5 Å². The van der Waals surface area contributed by atoms with Gasteiger partial charge in [0.05, 0.1) is 11.8 Å². The van der Waals surface area contributed by atoms with Crippen LogP contribution in [0.4, 0.5) is 0 Å². The summed E-state index contributed by atoms with van der Waals surface area (Å²) in [5, 5.41) is 12.6. The first kappa shape index (κ1) is 27.0. The maximum atomic E-state index is 12.9. The summed E-state index contributed by atoms with van der Waals surface area (Å²) in [6, 6.07) is 8.07. The Labute approximate surface area is 202 Å². The minimum atomic E-state index is -1.26. The molecule has 2 N–H and O–H groups in total. The molecular formula is C23H31BrN2O7. The first-order valence-electron chi connectivity index (χ1n) is 10.7. The number of rotatable bonds is 13. The topological polar surface area (TPSA) is 114 Å². The molecule has 0 aromatic heterocycles. The van der Waals surface area contributed by atoms with Crippen LogP contribution in [0.3, 0.4) is 0 Å². The number of halogens is 1. The van der Waals surface area contributed by atoms with Crippen molar-refractivity contribution in [3.8, 4) is 0 Å². The Hall–Kier alpha value is -2.27. The van der Waals surface area contributed by atoms with Crippen molar-refractivity contribution in [2.75, 3.05) is 25.2 Å².